The van der Waals surface area contributed by atoms with Crippen LogP contribution in [-0.2, 0) is 17.1 Å². The van der Waals surface area contributed by atoms with E-state index in [0.29, 0.717) is 12.2 Å². The van der Waals surface area contributed by atoms with E-state index in [1.807, 2.05) is 0 Å². The SMILES string of the molecule is CC(/C=C(\[O-])C(F)(F)F)=NCC(C)N=C(C)/C=C(\[O-])C(F)(F)F.[Cu+2]. The molecule has 1 radical (unpaired) electrons. The molecule has 0 saturated carbocycles. The molecule has 0 aliphatic rings. The van der Waals surface area contributed by atoms with Crippen LogP contribution in [0.25, 0.3) is 0 Å². The first-order valence-corrected chi connectivity index (χ1v) is 6.20. The second-order valence-corrected chi connectivity index (χ2v) is 4.61. The molecule has 0 fully saturated rings. The molecule has 0 aliphatic heterocycles. The van der Waals surface area contributed by atoms with Gasteiger partial charge in [0.15, 0.2) is 0 Å². The molecule has 1 atom stereocenters. The summed E-state index contributed by atoms with van der Waals surface area (Å²) in [5.41, 5.74) is -0.384. The molecule has 0 saturated heterocycles. The molecule has 0 spiro atoms. The summed E-state index contributed by atoms with van der Waals surface area (Å²) in [4.78, 5) is 7.41. The van der Waals surface area contributed by atoms with E-state index >= 15 is 0 Å². The van der Waals surface area contributed by atoms with Crippen LogP contribution < -0.4 is 10.2 Å². The molecule has 24 heavy (non-hydrogen) atoms. The fourth-order valence-electron chi connectivity index (χ4n) is 1.29. The molecule has 0 rings (SSSR count). The minimum atomic E-state index is -5.00. The van der Waals surface area contributed by atoms with Gasteiger partial charge in [-0.15, -0.1) is 0 Å². The third kappa shape index (κ3) is 10.3. The van der Waals surface area contributed by atoms with Crippen LogP contribution >= 0.6 is 0 Å². The Bertz CT molecular complexity index is 536. The molecule has 0 amide bonds. The van der Waals surface area contributed by atoms with E-state index in [4.69, 9.17) is 0 Å². The summed E-state index contributed by atoms with van der Waals surface area (Å²) in [7, 11) is 0. The predicted octanol–water partition coefficient (Wildman–Crippen LogP) is 1.91. The van der Waals surface area contributed by atoms with Crippen LogP contribution in [0.4, 0.5) is 26.3 Å². The van der Waals surface area contributed by atoms with Crippen molar-refractivity contribution in [3.63, 3.8) is 0 Å². The van der Waals surface area contributed by atoms with Crippen molar-refractivity contribution in [2.75, 3.05) is 6.54 Å². The van der Waals surface area contributed by atoms with Crippen LogP contribution in [0.5, 0.6) is 0 Å². The van der Waals surface area contributed by atoms with Gasteiger partial charge in [0, 0.05) is 11.4 Å². The van der Waals surface area contributed by atoms with Crippen LogP contribution in [0.1, 0.15) is 20.8 Å². The van der Waals surface area contributed by atoms with Crippen molar-refractivity contribution < 1.29 is 53.6 Å². The van der Waals surface area contributed by atoms with Crippen molar-refractivity contribution in [2.24, 2.45) is 9.98 Å². The standard InChI is InChI=1S/C13H16F6N2O2.Cu/c1-7(4-10(22)12(14,15)16)20-6-9(3)21-8(2)5-11(23)13(17,18)19;/h4-5,9,22-23H,6H2,1-3H3;/q;+2/p-2/b10-4-,11-5-,20-7?,21-8?;. The van der Waals surface area contributed by atoms with Gasteiger partial charge < -0.3 is 10.2 Å². The second-order valence-electron chi connectivity index (χ2n) is 4.61. The van der Waals surface area contributed by atoms with Gasteiger partial charge in [-0.3, -0.25) is 9.98 Å². The molecule has 0 bridgehead atoms. The van der Waals surface area contributed by atoms with Gasteiger partial charge in [0.25, 0.3) is 0 Å². The van der Waals surface area contributed by atoms with Gasteiger partial charge in [-0.2, -0.15) is 26.3 Å². The van der Waals surface area contributed by atoms with Gasteiger partial charge in [-0.25, -0.2) is 0 Å². The Labute approximate surface area is 145 Å². The van der Waals surface area contributed by atoms with E-state index in [1.165, 1.54) is 20.8 Å². The molecule has 141 valence electrons. The molecule has 4 nitrogen and oxygen atoms in total. The molecule has 0 aromatic heterocycles. The van der Waals surface area contributed by atoms with E-state index in [0.717, 1.165) is 0 Å². The molecule has 0 N–H and O–H groups in total. The van der Waals surface area contributed by atoms with E-state index in [-0.39, 0.29) is 35.0 Å². The number of allylic oxidation sites excluding steroid dienone is 4. The summed E-state index contributed by atoms with van der Waals surface area (Å²) in [5, 5.41) is 21.4. The summed E-state index contributed by atoms with van der Waals surface area (Å²) in [5.74, 6) is -4.12. The fraction of sp³-hybridized carbons (Fsp3) is 0.538. The van der Waals surface area contributed by atoms with Gasteiger partial charge in [0.2, 0.25) is 0 Å². The van der Waals surface area contributed by atoms with Crippen molar-refractivity contribution in [1.82, 2.24) is 0 Å². The van der Waals surface area contributed by atoms with Gasteiger partial charge in [0.1, 0.15) is 0 Å². The zero-order chi connectivity index (χ0) is 18.4. The summed E-state index contributed by atoms with van der Waals surface area (Å²) in [6, 6.07) is -0.684. The summed E-state index contributed by atoms with van der Waals surface area (Å²) >= 11 is 0. The summed E-state index contributed by atoms with van der Waals surface area (Å²) in [6.45, 7) is 3.64. The first-order valence-electron chi connectivity index (χ1n) is 6.20. The number of hydrogen-bond donors (Lipinski definition) is 0. The molecular weight excluding hydrogens is 394 g/mol. The Morgan fingerprint density at radius 1 is 0.917 bits per heavy atom. The number of rotatable bonds is 5. The van der Waals surface area contributed by atoms with E-state index in [1.54, 1.807) is 0 Å². The third-order valence-corrected chi connectivity index (χ3v) is 2.27. The maximum absolute atomic E-state index is 12.0. The summed E-state index contributed by atoms with van der Waals surface area (Å²) < 4.78 is 72.1. The normalized spacial score (nSPS) is 16.7. The smallest absolute Gasteiger partial charge is 0.869 e. The zero-order valence-electron chi connectivity index (χ0n) is 12.7. The first-order chi connectivity index (χ1) is 10.2. The summed E-state index contributed by atoms with van der Waals surface area (Å²) in [6.07, 6.45) is -9.37. The Kier molecular flexibility index (Phi) is 10.0. The number of halogens is 6. The van der Waals surface area contributed by atoms with Crippen LogP contribution in [0.2, 0.25) is 0 Å². The largest absolute Gasteiger partial charge is 2.00 e. The maximum atomic E-state index is 12.0. The van der Waals surface area contributed by atoms with Gasteiger partial charge >= 0.3 is 29.4 Å². The molecule has 0 aliphatic carbocycles. The van der Waals surface area contributed by atoms with Gasteiger partial charge in [-0.1, -0.05) is 0 Å². The maximum Gasteiger partial charge on any atom is 2.00 e. The van der Waals surface area contributed by atoms with Gasteiger partial charge in [-0.05, 0) is 44.4 Å². The number of nitrogens with zero attached hydrogens (tertiary/aromatic N) is 2. The number of alkyl halides is 6. The minimum Gasteiger partial charge on any atom is -0.869 e. The van der Waals surface area contributed by atoms with Crippen LogP contribution in [0.15, 0.2) is 33.7 Å². The molecular formula is C13H14CuF6N2O2. The predicted molar refractivity (Wildman–Crippen MR) is 68.8 cm³/mol. The molecule has 0 aromatic rings. The van der Waals surface area contributed by atoms with E-state index in [9.17, 15) is 36.6 Å². The van der Waals surface area contributed by atoms with Crippen LogP contribution in [0, 0.1) is 0 Å². The topological polar surface area (TPSA) is 70.8 Å². The Morgan fingerprint density at radius 2 is 1.29 bits per heavy atom. The van der Waals surface area contributed by atoms with Crippen molar-refractivity contribution in [1.29, 1.82) is 0 Å². The van der Waals surface area contributed by atoms with Crippen LogP contribution in [-0.4, -0.2) is 36.4 Å². The first kappa shape index (κ1) is 24.8. The molecule has 1 unspecified atom stereocenters. The Hall–Kier alpha value is -1.48. The molecule has 0 aromatic carbocycles. The van der Waals surface area contributed by atoms with Gasteiger partial charge in [0.05, 0.1) is 12.6 Å². The number of hydrogen-bond acceptors (Lipinski definition) is 4. The Balaban J connectivity index is 0. The number of aliphatic imine (C=N–C) groups is 2. The van der Waals surface area contributed by atoms with Crippen molar-refractivity contribution >= 4 is 11.4 Å². The van der Waals surface area contributed by atoms with E-state index < -0.39 is 29.9 Å². The molecule has 0 heterocycles. The zero-order valence-corrected chi connectivity index (χ0v) is 13.7. The quantitative estimate of drug-likeness (QED) is 0.302. The van der Waals surface area contributed by atoms with Crippen molar-refractivity contribution in [3.05, 3.63) is 23.7 Å². The monoisotopic (exact) mass is 407 g/mol. The average Bonchev–Trinajstić information content (AvgIpc) is 2.33. The molecule has 11 heteroatoms. The van der Waals surface area contributed by atoms with E-state index in [2.05, 4.69) is 9.98 Å². The minimum absolute atomic E-state index is 0. The van der Waals surface area contributed by atoms with Crippen molar-refractivity contribution in [2.45, 2.75) is 39.2 Å². The Morgan fingerprint density at radius 3 is 1.67 bits per heavy atom. The van der Waals surface area contributed by atoms with Crippen molar-refractivity contribution in [3.8, 4) is 0 Å². The average molecular weight is 408 g/mol. The third-order valence-electron chi connectivity index (χ3n) is 2.27. The van der Waals surface area contributed by atoms with Crippen LogP contribution in [0.3, 0.4) is 0 Å². The second kappa shape index (κ2) is 9.73. The fourth-order valence-corrected chi connectivity index (χ4v) is 1.29.